The van der Waals surface area contributed by atoms with Crippen LogP contribution < -0.4 is 0 Å². The lowest BCUT2D eigenvalue weighted by atomic mass is 9.98. The lowest BCUT2D eigenvalue weighted by Crippen LogP contribution is -2.42. The second-order valence-corrected chi connectivity index (χ2v) is 5.70. The molecule has 0 aromatic carbocycles. The first-order valence-corrected chi connectivity index (χ1v) is 7.75. The van der Waals surface area contributed by atoms with Crippen molar-refractivity contribution in [3.05, 3.63) is 28.5 Å². The Morgan fingerprint density at radius 2 is 2.40 bits per heavy atom. The molecule has 1 atom stereocenters. The van der Waals surface area contributed by atoms with E-state index in [1.165, 1.54) is 0 Å². The summed E-state index contributed by atoms with van der Waals surface area (Å²) in [7, 11) is 0. The molecular weight excluding hydrogens is 274 g/mol. The highest BCUT2D eigenvalue weighted by atomic mass is 32.1. The Kier molecular flexibility index (Phi) is 5.35. The van der Waals surface area contributed by atoms with Crippen molar-refractivity contribution in [1.29, 1.82) is 0 Å². The van der Waals surface area contributed by atoms with E-state index in [4.69, 9.17) is 4.74 Å². The molecule has 1 aromatic rings. The fraction of sp³-hybridized carbons (Fsp3) is 0.467. The predicted molar refractivity (Wildman–Crippen MR) is 79.3 cm³/mol. The first-order valence-electron chi connectivity index (χ1n) is 6.88. The predicted octanol–water partition coefficient (Wildman–Crippen LogP) is 2.56. The van der Waals surface area contributed by atoms with Crippen LogP contribution in [0.25, 0.3) is 6.08 Å². The summed E-state index contributed by atoms with van der Waals surface area (Å²) in [4.78, 5) is 26.6. The average molecular weight is 293 g/mol. The van der Waals surface area contributed by atoms with Gasteiger partial charge in [0.1, 0.15) is 0 Å². The molecule has 0 aliphatic carbocycles. The molecule has 1 saturated heterocycles. The third-order valence-electron chi connectivity index (χ3n) is 3.29. The van der Waals surface area contributed by atoms with Crippen molar-refractivity contribution < 1.29 is 14.3 Å². The molecule has 0 unspecified atom stereocenters. The Hall–Kier alpha value is -1.62. The van der Waals surface area contributed by atoms with E-state index in [-0.39, 0.29) is 17.8 Å². The zero-order chi connectivity index (χ0) is 14.4. The zero-order valence-electron chi connectivity index (χ0n) is 11.6. The molecule has 20 heavy (non-hydrogen) atoms. The highest BCUT2D eigenvalue weighted by Crippen LogP contribution is 2.19. The van der Waals surface area contributed by atoms with Gasteiger partial charge in [0.25, 0.3) is 0 Å². The Labute approximate surface area is 123 Å². The number of likely N-dealkylation sites (tertiary alicyclic amines) is 1. The van der Waals surface area contributed by atoms with Gasteiger partial charge in [-0.2, -0.15) is 0 Å². The molecular formula is C15H19NO3S. The van der Waals surface area contributed by atoms with Gasteiger partial charge in [0.2, 0.25) is 5.91 Å². The summed E-state index contributed by atoms with van der Waals surface area (Å²) in [6.07, 6.45) is 5.06. The fourth-order valence-corrected chi connectivity index (χ4v) is 2.89. The van der Waals surface area contributed by atoms with Crippen LogP contribution in [0.15, 0.2) is 23.6 Å². The number of carbonyl (C=O) groups excluding carboxylic acids is 2. The minimum absolute atomic E-state index is 0.0348. The van der Waals surface area contributed by atoms with Crippen LogP contribution in [0, 0.1) is 5.92 Å². The van der Waals surface area contributed by atoms with Gasteiger partial charge in [-0.25, -0.2) is 0 Å². The van der Waals surface area contributed by atoms with Crippen molar-refractivity contribution >= 4 is 29.3 Å². The van der Waals surface area contributed by atoms with Crippen LogP contribution in [0.1, 0.15) is 24.6 Å². The van der Waals surface area contributed by atoms with Crippen molar-refractivity contribution in [2.45, 2.75) is 19.8 Å². The first kappa shape index (κ1) is 14.8. The van der Waals surface area contributed by atoms with Gasteiger partial charge < -0.3 is 9.64 Å². The van der Waals surface area contributed by atoms with Crippen LogP contribution in [0.2, 0.25) is 0 Å². The van der Waals surface area contributed by atoms with E-state index in [0.717, 1.165) is 17.7 Å². The van der Waals surface area contributed by atoms with Gasteiger partial charge in [-0.15, -0.1) is 11.3 Å². The fourth-order valence-electron chi connectivity index (χ4n) is 2.27. The molecule has 2 heterocycles. The molecule has 1 fully saturated rings. The number of nitrogens with zero attached hydrogens (tertiary/aromatic N) is 1. The summed E-state index contributed by atoms with van der Waals surface area (Å²) in [6, 6.07) is 3.92. The lowest BCUT2D eigenvalue weighted by Gasteiger charge is -2.30. The maximum absolute atomic E-state index is 12.1. The summed E-state index contributed by atoms with van der Waals surface area (Å²) in [5.74, 6) is -0.401. The van der Waals surface area contributed by atoms with E-state index >= 15 is 0 Å². The Balaban J connectivity index is 1.91. The first-order chi connectivity index (χ1) is 9.70. The van der Waals surface area contributed by atoms with E-state index in [0.29, 0.717) is 19.7 Å². The van der Waals surface area contributed by atoms with E-state index in [2.05, 4.69) is 0 Å². The Morgan fingerprint density at radius 3 is 3.10 bits per heavy atom. The molecule has 0 radical (unpaired) electrons. The number of esters is 1. The minimum Gasteiger partial charge on any atom is -0.466 e. The maximum Gasteiger partial charge on any atom is 0.310 e. The molecule has 0 bridgehead atoms. The van der Waals surface area contributed by atoms with Crippen molar-refractivity contribution in [1.82, 2.24) is 4.90 Å². The van der Waals surface area contributed by atoms with Gasteiger partial charge in [-0.1, -0.05) is 6.07 Å². The standard InChI is InChI=1S/C15H19NO3S/c1-2-19-15(18)12-5-3-9-16(11-12)14(17)8-7-13-6-4-10-20-13/h4,6-8,10,12H,2-3,5,9,11H2,1H3/b8-7-/t12-/m1/s1. The molecule has 0 saturated carbocycles. The van der Waals surface area contributed by atoms with Gasteiger partial charge >= 0.3 is 5.97 Å². The number of hydrogen-bond donors (Lipinski definition) is 0. The van der Waals surface area contributed by atoms with E-state index in [9.17, 15) is 9.59 Å². The van der Waals surface area contributed by atoms with Crippen LogP contribution in [0.4, 0.5) is 0 Å². The second kappa shape index (κ2) is 7.24. The number of hydrogen-bond acceptors (Lipinski definition) is 4. The quantitative estimate of drug-likeness (QED) is 0.633. The minimum atomic E-state index is -0.188. The highest BCUT2D eigenvalue weighted by Gasteiger charge is 2.28. The molecule has 5 heteroatoms. The second-order valence-electron chi connectivity index (χ2n) is 4.72. The summed E-state index contributed by atoms with van der Waals surface area (Å²) in [6.45, 7) is 3.37. The molecule has 0 spiro atoms. The zero-order valence-corrected chi connectivity index (χ0v) is 12.4. The van der Waals surface area contributed by atoms with Crippen LogP contribution in [-0.4, -0.2) is 36.5 Å². The van der Waals surface area contributed by atoms with Crippen molar-refractivity contribution in [3.63, 3.8) is 0 Å². The molecule has 108 valence electrons. The van der Waals surface area contributed by atoms with Gasteiger partial charge in [-0.3, -0.25) is 9.59 Å². The molecule has 1 aromatic heterocycles. The molecule has 4 nitrogen and oxygen atoms in total. The van der Waals surface area contributed by atoms with Crippen molar-refractivity contribution in [3.8, 4) is 0 Å². The summed E-state index contributed by atoms with van der Waals surface area (Å²) >= 11 is 1.59. The average Bonchev–Trinajstić information content (AvgIpc) is 2.98. The molecule has 1 aliphatic rings. The van der Waals surface area contributed by atoms with Gasteiger partial charge in [0.05, 0.1) is 12.5 Å². The molecule has 1 amide bonds. The topological polar surface area (TPSA) is 46.6 Å². The summed E-state index contributed by atoms with van der Waals surface area (Å²) in [5, 5.41) is 1.97. The lowest BCUT2D eigenvalue weighted by molar-refractivity contribution is -0.150. The summed E-state index contributed by atoms with van der Waals surface area (Å²) in [5.41, 5.74) is 0. The maximum atomic E-state index is 12.1. The van der Waals surface area contributed by atoms with Crippen LogP contribution in [0.3, 0.4) is 0 Å². The third kappa shape index (κ3) is 3.93. The molecule has 2 rings (SSSR count). The van der Waals surface area contributed by atoms with Gasteiger partial charge in [-0.05, 0) is 37.3 Å². The smallest absolute Gasteiger partial charge is 0.310 e. The highest BCUT2D eigenvalue weighted by molar-refractivity contribution is 7.10. The number of amides is 1. The molecule has 1 aliphatic heterocycles. The van der Waals surface area contributed by atoms with Gasteiger partial charge in [0, 0.05) is 24.0 Å². The Bertz CT molecular complexity index is 481. The summed E-state index contributed by atoms with van der Waals surface area (Å²) < 4.78 is 5.04. The monoisotopic (exact) mass is 293 g/mol. The third-order valence-corrected chi connectivity index (χ3v) is 4.12. The molecule has 0 N–H and O–H groups in total. The number of rotatable bonds is 4. The van der Waals surface area contributed by atoms with Crippen molar-refractivity contribution in [2.24, 2.45) is 5.92 Å². The Morgan fingerprint density at radius 1 is 1.55 bits per heavy atom. The number of thiophene rings is 1. The number of piperidine rings is 1. The van der Waals surface area contributed by atoms with Crippen LogP contribution in [-0.2, 0) is 14.3 Å². The van der Waals surface area contributed by atoms with E-state index < -0.39 is 0 Å². The van der Waals surface area contributed by atoms with E-state index in [1.807, 2.05) is 23.6 Å². The normalized spacial score (nSPS) is 19.2. The van der Waals surface area contributed by atoms with E-state index in [1.54, 1.807) is 29.2 Å². The van der Waals surface area contributed by atoms with Crippen molar-refractivity contribution in [2.75, 3.05) is 19.7 Å². The largest absolute Gasteiger partial charge is 0.466 e. The van der Waals surface area contributed by atoms with Gasteiger partial charge in [0.15, 0.2) is 0 Å². The van der Waals surface area contributed by atoms with Crippen LogP contribution >= 0.6 is 11.3 Å². The SMILES string of the molecule is CCOC(=O)[C@@H]1CCCN(C(=O)/C=C\c2cccs2)C1. The number of ether oxygens (including phenoxy) is 1. The number of carbonyl (C=O) groups is 2. The van der Waals surface area contributed by atoms with Crippen LogP contribution in [0.5, 0.6) is 0 Å².